The molecule has 1 unspecified atom stereocenters. The van der Waals surface area contributed by atoms with Crippen LogP contribution in [0.25, 0.3) is 0 Å². The van der Waals surface area contributed by atoms with Crippen LogP contribution in [0.5, 0.6) is 0 Å². The smallest absolute Gasteiger partial charge is 0.303 e. The van der Waals surface area contributed by atoms with E-state index in [9.17, 15) is 20.2 Å². The highest BCUT2D eigenvalue weighted by molar-refractivity contribution is 5.66. The lowest BCUT2D eigenvalue weighted by Gasteiger charge is -2.21. The van der Waals surface area contributed by atoms with E-state index in [2.05, 4.69) is 5.48 Å². The molecular formula is C21H37NO6. The van der Waals surface area contributed by atoms with Crippen molar-refractivity contribution >= 4 is 5.97 Å². The lowest BCUT2D eigenvalue weighted by Crippen LogP contribution is -2.30. The minimum atomic E-state index is -0.793. The van der Waals surface area contributed by atoms with Gasteiger partial charge in [-0.3, -0.25) is 4.79 Å². The van der Waals surface area contributed by atoms with Crippen LogP contribution in [0.4, 0.5) is 0 Å². The van der Waals surface area contributed by atoms with E-state index < -0.39 is 18.2 Å². The van der Waals surface area contributed by atoms with E-state index >= 15 is 0 Å². The fourth-order valence-electron chi connectivity index (χ4n) is 3.67. The first-order chi connectivity index (χ1) is 13.5. The number of aliphatic hydroxyl groups is 2. The summed E-state index contributed by atoms with van der Waals surface area (Å²) in [4.78, 5) is 10.5. The molecule has 0 amide bonds. The number of allylic oxidation sites excluding steroid dienone is 2. The molecule has 1 aliphatic rings. The van der Waals surface area contributed by atoms with Crippen LogP contribution in [0.2, 0.25) is 0 Å². The Kier molecular flexibility index (Phi) is 13.0. The second-order valence-corrected chi connectivity index (χ2v) is 7.42. The average molecular weight is 400 g/mol. The van der Waals surface area contributed by atoms with Crippen LogP contribution < -0.4 is 5.48 Å². The van der Waals surface area contributed by atoms with Gasteiger partial charge in [-0.1, -0.05) is 24.3 Å². The number of aliphatic hydroxyl groups excluding tert-OH is 2. The number of ether oxygens (including phenoxy) is 1. The summed E-state index contributed by atoms with van der Waals surface area (Å²) in [5, 5.41) is 38.6. The van der Waals surface area contributed by atoms with Gasteiger partial charge in [0, 0.05) is 31.6 Å². The zero-order chi connectivity index (χ0) is 20.8. The van der Waals surface area contributed by atoms with Gasteiger partial charge in [0.25, 0.3) is 0 Å². The molecule has 0 aliphatic heterocycles. The van der Waals surface area contributed by atoms with E-state index in [-0.39, 0.29) is 24.3 Å². The van der Waals surface area contributed by atoms with Crippen molar-refractivity contribution in [2.45, 2.75) is 76.5 Å². The summed E-state index contributed by atoms with van der Waals surface area (Å²) in [6, 6.07) is -0.248. The molecule has 162 valence electrons. The molecule has 0 bridgehead atoms. The number of hydrogen-bond acceptors (Lipinski definition) is 6. The Morgan fingerprint density at radius 3 is 2.75 bits per heavy atom. The molecule has 5 N–H and O–H groups in total. The molecule has 0 spiro atoms. The topological polar surface area (TPSA) is 119 Å². The van der Waals surface area contributed by atoms with Gasteiger partial charge in [0.2, 0.25) is 0 Å². The number of aliphatic carboxylic acids is 1. The monoisotopic (exact) mass is 399 g/mol. The van der Waals surface area contributed by atoms with Crippen molar-refractivity contribution in [3.05, 3.63) is 24.3 Å². The first kappa shape index (κ1) is 24.8. The average Bonchev–Trinajstić information content (AvgIpc) is 2.97. The largest absolute Gasteiger partial charge is 0.481 e. The Hall–Kier alpha value is -1.25. The SMILES string of the molecule is CCOCCCC[C@H](O)/C=C/[C@H]1C(NO)C[C@H](O)[C@@H]1C/C=C\CCCC(=O)O. The molecule has 1 rings (SSSR count). The first-order valence-electron chi connectivity index (χ1n) is 10.4. The fraction of sp³-hybridized carbons (Fsp3) is 0.762. The highest BCUT2D eigenvalue weighted by Crippen LogP contribution is 2.36. The van der Waals surface area contributed by atoms with E-state index in [1.807, 2.05) is 25.2 Å². The molecule has 7 nitrogen and oxygen atoms in total. The number of carboxylic acid groups (broad SMARTS) is 1. The standard InChI is InChI=1S/C21H37NO6/c1-2-28-14-8-7-9-16(23)12-13-17-18(20(24)15-19(17)22-27)10-5-3-4-6-11-21(25)26/h3,5,12-13,16-20,22-24,27H,2,4,6-11,14-15H2,1H3,(H,25,26)/b5-3-,13-12+/t16-,17+,18+,19?,20-/m0/s1. The van der Waals surface area contributed by atoms with E-state index in [0.717, 1.165) is 12.8 Å². The van der Waals surface area contributed by atoms with Crippen molar-refractivity contribution in [1.29, 1.82) is 0 Å². The number of carboxylic acids is 1. The van der Waals surface area contributed by atoms with Gasteiger partial charge in [0.15, 0.2) is 0 Å². The van der Waals surface area contributed by atoms with Crippen LogP contribution in [0.3, 0.4) is 0 Å². The van der Waals surface area contributed by atoms with E-state index in [1.54, 1.807) is 6.08 Å². The molecule has 0 aromatic rings. The Balaban J connectivity index is 2.49. The summed E-state index contributed by atoms with van der Waals surface area (Å²) < 4.78 is 5.29. The third-order valence-electron chi connectivity index (χ3n) is 5.25. The molecule has 1 aliphatic carbocycles. The summed E-state index contributed by atoms with van der Waals surface area (Å²) in [5.41, 5.74) is 2.29. The van der Waals surface area contributed by atoms with Gasteiger partial charge in [0.1, 0.15) is 0 Å². The molecule has 28 heavy (non-hydrogen) atoms. The maximum atomic E-state index is 10.5. The Labute approximate surface area is 168 Å². The first-order valence-corrected chi connectivity index (χ1v) is 10.4. The third-order valence-corrected chi connectivity index (χ3v) is 5.25. The molecule has 0 aromatic heterocycles. The number of hydroxylamine groups is 1. The molecule has 5 atom stereocenters. The number of rotatable bonds is 15. The van der Waals surface area contributed by atoms with Crippen LogP contribution in [0, 0.1) is 11.8 Å². The van der Waals surface area contributed by atoms with Crippen molar-refractivity contribution in [2.24, 2.45) is 11.8 Å². The quantitative estimate of drug-likeness (QED) is 0.163. The maximum absolute atomic E-state index is 10.5. The van der Waals surface area contributed by atoms with Crippen LogP contribution in [-0.2, 0) is 9.53 Å². The van der Waals surface area contributed by atoms with Crippen LogP contribution in [-0.4, -0.2) is 58.0 Å². The van der Waals surface area contributed by atoms with E-state index in [4.69, 9.17) is 9.84 Å². The number of nitrogens with one attached hydrogen (secondary N) is 1. The van der Waals surface area contributed by atoms with Crippen molar-refractivity contribution in [1.82, 2.24) is 5.48 Å². The Morgan fingerprint density at radius 2 is 2.07 bits per heavy atom. The second-order valence-electron chi connectivity index (χ2n) is 7.42. The van der Waals surface area contributed by atoms with Crippen LogP contribution >= 0.6 is 0 Å². The lowest BCUT2D eigenvalue weighted by molar-refractivity contribution is -0.137. The zero-order valence-corrected chi connectivity index (χ0v) is 16.9. The molecule has 1 fully saturated rings. The molecule has 0 aromatic carbocycles. The molecular weight excluding hydrogens is 362 g/mol. The van der Waals surface area contributed by atoms with Gasteiger partial charge in [-0.2, -0.15) is 0 Å². The summed E-state index contributed by atoms with van der Waals surface area (Å²) in [6.45, 7) is 3.37. The number of unbranched alkanes of at least 4 members (excludes halogenated alkanes) is 2. The predicted octanol–water partition coefficient (Wildman–Crippen LogP) is 2.66. The minimum absolute atomic E-state index is 0.0539. The minimum Gasteiger partial charge on any atom is -0.481 e. The lowest BCUT2D eigenvalue weighted by atomic mass is 9.89. The van der Waals surface area contributed by atoms with Gasteiger partial charge < -0.3 is 25.3 Å². The van der Waals surface area contributed by atoms with Crippen molar-refractivity contribution < 1.29 is 30.1 Å². The molecule has 1 saturated carbocycles. The van der Waals surface area contributed by atoms with E-state index in [0.29, 0.717) is 45.3 Å². The van der Waals surface area contributed by atoms with Crippen LogP contribution in [0.1, 0.15) is 58.3 Å². The zero-order valence-electron chi connectivity index (χ0n) is 16.9. The summed E-state index contributed by atoms with van der Waals surface area (Å²) >= 11 is 0. The third kappa shape index (κ3) is 9.80. The molecule has 0 heterocycles. The summed E-state index contributed by atoms with van der Waals surface area (Å²) in [7, 11) is 0. The Bertz CT molecular complexity index is 482. The highest BCUT2D eigenvalue weighted by atomic mass is 16.5. The maximum Gasteiger partial charge on any atom is 0.303 e. The Morgan fingerprint density at radius 1 is 1.29 bits per heavy atom. The molecule has 0 saturated heterocycles. The highest BCUT2D eigenvalue weighted by Gasteiger charge is 2.40. The van der Waals surface area contributed by atoms with Gasteiger partial charge in [0.05, 0.1) is 12.2 Å². The normalized spacial score (nSPS) is 26.4. The summed E-state index contributed by atoms with van der Waals surface area (Å²) in [6.07, 6.45) is 11.5. The number of hydrogen-bond donors (Lipinski definition) is 5. The van der Waals surface area contributed by atoms with Gasteiger partial charge in [-0.15, -0.1) is 0 Å². The summed E-state index contributed by atoms with van der Waals surface area (Å²) in [5.74, 6) is -0.929. The van der Waals surface area contributed by atoms with Crippen molar-refractivity contribution in [2.75, 3.05) is 13.2 Å². The molecule has 0 radical (unpaired) electrons. The van der Waals surface area contributed by atoms with Gasteiger partial charge >= 0.3 is 5.97 Å². The fourth-order valence-corrected chi connectivity index (χ4v) is 3.67. The molecule has 7 heteroatoms. The van der Waals surface area contributed by atoms with Gasteiger partial charge in [-0.05, 0) is 57.8 Å². The van der Waals surface area contributed by atoms with Crippen molar-refractivity contribution in [3.8, 4) is 0 Å². The van der Waals surface area contributed by atoms with Crippen LogP contribution in [0.15, 0.2) is 24.3 Å². The number of carbonyl (C=O) groups is 1. The van der Waals surface area contributed by atoms with E-state index in [1.165, 1.54) is 0 Å². The van der Waals surface area contributed by atoms with Crippen molar-refractivity contribution in [3.63, 3.8) is 0 Å². The van der Waals surface area contributed by atoms with Gasteiger partial charge in [-0.25, -0.2) is 5.48 Å². The predicted molar refractivity (Wildman–Crippen MR) is 107 cm³/mol. The second kappa shape index (κ2) is 14.7.